The third-order valence-corrected chi connectivity index (χ3v) is 4.78. The Hall–Kier alpha value is -1.21. The molecule has 1 aromatic carbocycles. The molecule has 1 amide bonds. The van der Waals surface area contributed by atoms with E-state index in [2.05, 4.69) is 21.5 Å². The summed E-state index contributed by atoms with van der Waals surface area (Å²) in [6.07, 6.45) is 0.982. The van der Waals surface area contributed by atoms with E-state index in [0.29, 0.717) is 16.6 Å². The van der Waals surface area contributed by atoms with Gasteiger partial charge in [-0.3, -0.25) is 10.2 Å². The number of carbonyl (C=O) groups excluding carboxylic acids is 1. The first-order chi connectivity index (χ1) is 10.6. The van der Waals surface area contributed by atoms with Crippen LogP contribution in [0, 0.1) is 11.7 Å². The average molecular weight is 327 g/mol. The van der Waals surface area contributed by atoms with Gasteiger partial charge in [0.05, 0.1) is 6.04 Å². The Labute approximate surface area is 134 Å². The minimum absolute atomic E-state index is 0.143. The van der Waals surface area contributed by atoms with Crippen molar-refractivity contribution in [2.45, 2.75) is 31.5 Å². The highest BCUT2D eigenvalue weighted by molar-refractivity contribution is 6.31. The van der Waals surface area contributed by atoms with E-state index in [1.54, 1.807) is 19.1 Å². The fraction of sp³-hybridized carbons (Fsp3) is 0.533. The highest BCUT2D eigenvalue weighted by Gasteiger charge is 2.41. The van der Waals surface area contributed by atoms with Crippen LogP contribution in [-0.2, 0) is 4.79 Å². The second-order valence-electron chi connectivity index (χ2n) is 5.90. The van der Waals surface area contributed by atoms with E-state index in [1.165, 1.54) is 6.07 Å². The standard InChI is InChI=1S/C15H20ClFN4O/c1-8(13-10(16)3-2-4-11(13)17)19-15(22)14-9-7-18-6-5-12(9)20-21-14/h2-4,8-9,12,14,18,20-21H,5-7H2,1H3,(H,19,22). The van der Waals surface area contributed by atoms with Crippen molar-refractivity contribution < 1.29 is 9.18 Å². The third kappa shape index (κ3) is 2.96. The monoisotopic (exact) mass is 326 g/mol. The molecular weight excluding hydrogens is 307 g/mol. The molecule has 2 aliphatic rings. The van der Waals surface area contributed by atoms with E-state index in [0.717, 1.165) is 19.5 Å². The molecule has 2 fully saturated rings. The molecule has 22 heavy (non-hydrogen) atoms. The van der Waals surface area contributed by atoms with Crippen LogP contribution in [-0.4, -0.2) is 31.1 Å². The lowest BCUT2D eigenvalue weighted by Crippen LogP contribution is -2.49. The Morgan fingerprint density at radius 3 is 3.05 bits per heavy atom. The summed E-state index contributed by atoms with van der Waals surface area (Å²) < 4.78 is 13.9. The number of carbonyl (C=O) groups is 1. The van der Waals surface area contributed by atoms with Gasteiger partial charge >= 0.3 is 0 Å². The van der Waals surface area contributed by atoms with Crippen LogP contribution in [0.5, 0.6) is 0 Å². The average Bonchev–Trinajstić information content (AvgIpc) is 2.91. The van der Waals surface area contributed by atoms with Crippen molar-refractivity contribution in [1.82, 2.24) is 21.5 Å². The van der Waals surface area contributed by atoms with Gasteiger partial charge in [-0.1, -0.05) is 17.7 Å². The van der Waals surface area contributed by atoms with Crippen LogP contribution in [0.2, 0.25) is 5.02 Å². The predicted molar refractivity (Wildman–Crippen MR) is 82.8 cm³/mol. The smallest absolute Gasteiger partial charge is 0.239 e. The van der Waals surface area contributed by atoms with E-state index in [-0.39, 0.29) is 17.9 Å². The topological polar surface area (TPSA) is 65.2 Å². The van der Waals surface area contributed by atoms with Gasteiger partial charge in [-0.25, -0.2) is 9.82 Å². The molecule has 2 heterocycles. The second kappa shape index (κ2) is 6.50. The molecule has 4 unspecified atom stereocenters. The highest BCUT2D eigenvalue weighted by atomic mass is 35.5. The fourth-order valence-electron chi connectivity index (χ4n) is 3.28. The molecule has 0 radical (unpaired) electrons. The molecule has 3 rings (SSSR count). The number of benzene rings is 1. The van der Waals surface area contributed by atoms with Crippen molar-refractivity contribution in [3.63, 3.8) is 0 Å². The molecule has 1 aromatic rings. The zero-order chi connectivity index (χ0) is 15.7. The zero-order valence-corrected chi connectivity index (χ0v) is 13.1. The van der Waals surface area contributed by atoms with Crippen molar-refractivity contribution in [1.29, 1.82) is 0 Å². The summed E-state index contributed by atoms with van der Waals surface area (Å²) in [7, 11) is 0. The van der Waals surface area contributed by atoms with Gasteiger partial charge in [-0.05, 0) is 32.0 Å². The summed E-state index contributed by atoms with van der Waals surface area (Å²) in [6, 6.07) is 4.00. The molecule has 2 aliphatic heterocycles. The molecule has 0 aliphatic carbocycles. The summed E-state index contributed by atoms with van der Waals surface area (Å²) >= 11 is 6.05. The van der Waals surface area contributed by atoms with Crippen LogP contribution in [0.4, 0.5) is 4.39 Å². The number of piperidine rings is 1. The number of hydrazine groups is 1. The molecule has 0 spiro atoms. The molecule has 0 saturated carbocycles. The number of hydrogen-bond donors (Lipinski definition) is 4. The lowest BCUT2D eigenvalue weighted by atomic mass is 9.89. The van der Waals surface area contributed by atoms with Crippen molar-refractivity contribution in [2.24, 2.45) is 5.92 Å². The summed E-state index contributed by atoms with van der Waals surface area (Å²) in [4.78, 5) is 12.5. The Bertz CT molecular complexity index is 550. The van der Waals surface area contributed by atoms with Gasteiger partial charge in [0.1, 0.15) is 11.9 Å². The largest absolute Gasteiger partial charge is 0.348 e. The Balaban J connectivity index is 1.69. The first kappa shape index (κ1) is 15.7. The van der Waals surface area contributed by atoms with Crippen LogP contribution in [0.3, 0.4) is 0 Å². The number of nitrogens with one attached hydrogen (secondary N) is 4. The Morgan fingerprint density at radius 1 is 1.45 bits per heavy atom. The number of rotatable bonds is 3. The molecule has 0 aromatic heterocycles. The van der Waals surface area contributed by atoms with Crippen molar-refractivity contribution >= 4 is 17.5 Å². The quantitative estimate of drug-likeness (QED) is 0.672. The number of amides is 1. The van der Waals surface area contributed by atoms with E-state index >= 15 is 0 Å². The first-order valence-electron chi connectivity index (χ1n) is 7.54. The van der Waals surface area contributed by atoms with Crippen molar-refractivity contribution in [2.75, 3.05) is 13.1 Å². The number of hydrogen-bond acceptors (Lipinski definition) is 4. The minimum Gasteiger partial charge on any atom is -0.348 e. The maximum absolute atomic E-state index is 13.9. The van der Waals surface area contributed by atoms with Crippen molar-refractivity contribution in [3.8, 4) is 0 Å². The lowest BCUT2D eigenvalue weighted by molar-refractivity contribution is -0.124. The summed E-state index contributed by atoms with van der Waals surface area (Å²) in [5.74, 6) is -0.359. The first-order valence-corrected chi connectivity index (χ1v) is 7.92. The number of halogens is 2. The molecule has 120 valence electrons. The normalized spacial score (nSPS) is 29.0. The SMILES string of the molecule is CC(NC(=O)C1NNC2CCNCC21)c1c(F)cccc1Cl. The van der Waals surface area contributed by atoms with Gasteiger partial charge in [-0.2, -0.15) is 0 Å². The molecule has 4 N–H and O–H groups in total. The predicted octanol–water partition coefficient (Wildman–Crippen LogP) is 1.11. The zero-order valence-electron chi connectivity index (χ0n) is 12.3. The molecule has 2 saturated heterocycles. The lowest BCUT2D eigenvalue weighted by Gasteiger charge is -2.28. The molecule has 0 bridgehead atoms. The fourth-order valence-corrected chi connectivity index (χ4v) is 3.60. The maximum Gasteiger partial charge on any atom is 0.239 e. The minimum atomic E-state index is -0.487. The molecular formula is C15H20ClFN4O. The van der Waals surface area contributed by atoms with Crippen LogP contribution < -0.4 is 21.5 Å². The summed E-state index contributed by atoms with van der Waals surface area (Å²) in [5, 5.41) is 6.48. The van der Waals surface area contributed by atoms with Crippen LogP contribution in [0.15, 0.2) is 18.2 Å². The molecule has 7 heteroatoms. The van der Waals surface area contributed by atoms with Crippen LogP contribution >= 0.6 is 11.6 Å². The van der Waals surface area contributed by atoms with E-state index < -0.39 is 11.9 Å². The van der Waals surface area contributed by atoms with Crippen molar-refractivity contribution in [3.05, 3.63) is 34.6 Å². The van der Waals surface area contributed by atoms with Gasteiger partial charge in [0, 0.05) is 29.1 Å². The molecule has 5 nitrogen and oxygen atoms in total. The van der Waals surface area contributed by atoms with Gasteiger partial charge in [-0.15, -0.1) is 0 Å². The van der Waals surface area contributed by atoms with E-state index in [1.807, 2.05) is 0 Å². The Morgan fingerprint density at radius 2 is 2.27 bits per heavy atom. The van der Waals surface area contributed by atoms with Gasteiger partial charge in [0.25, 0.3) is 0 Å². The van der Waals surface area contributed by atoms with Gasteiger partial charge < -0.3 is 10.6 Å². The summed E-state index contributed by atoms with van der Waals surface area (Å²) in [5.41, 5.74) is 6.55. The second-order valence-corrected chi connectivity index (χ2v) is 6.30. The molecule has 4 atom stereocenters. The van der Waals surface area contributed by atoms with Crippen LogP contribution in [0.25, 0.3) is 0 Å². The third-order valence-electron chi connectivity index (χ3n) is 4.46. The van der Waals surface area contributed by atoms with Gasteiger partial charge in [0.2, 0.25) is 5.91 Å². The van der Waals surface area contributed by atoms with Gasteiger partial charge in [0.15, 0.2) is 0 Å². The number of fused-ring (bicyclic) bond motifs is 1. The highest BCUT2D eigenvalue weighted by Crippen LogP contribution is 2.26. The van der Waals surface area contributed by atoms with Crippen LogP contribution in [0.1, 0.15) is 24.9 Å². The summed E-state index contributed by atoms with van der Waals surface area (Å²) in [6.45, 7) is 3.48. The van der Waals surface area contributed by atoms with E-state index in [4.69, 9.17) is 11.6 Å². The van der Waals surface area contributed by atoms with E-state index in [9.17, 15) is 9.18 Å². The Kier molecular flexibility index (Phi) is 4.63. The maximum atomic E-state index is 13.9.